The molecule has 190 valence electrons. The predicted molar refractivity (Wildman–Crippen MR) is 147 cm³/mol. The third-order valence-electron chi connectivity index (χ3n) is 6.66. The molecular weight excluding hydrogens is 508 g/mol. The SMILES string of the molecule is Cc1c(-c2cccc(C(N)S(C)(=O)=O)c2)sc2c(N3CCOCC3)nc(-c3cnc4[nH]ccc4c3)nc12. The number of ether oxygens (including phenoxy) is 1. The van der Waals surface area contributed by atoms with Gasteiger partial charge in [0, 0.05) is 47.6 Å². The number of fused-ring (bicyclic) bond motifs is 2. The number of anilines is 1. The van der Waals surface area contributed by atoms with Crippen molar-refractivity contribution in [2.24, 2.45) is 5.73 Å². The molecule has 0 saturated carbocycles. The molecule has 1 fully saturated rings. The van der Waals surface area contributed by atoms with E-state index in [2.05, 4.69) is 14.9 Å². The molecule has 4 aromatic heterocycles. The zero-order valence-corrected chi connectivity index (χ0v) is 22.1. The van der Waals surface area contributed by atoms with Crippen LogP contribution in [-0.4, -0.2) is 60.9 Å². The lowest BCUT2D eigenvalue weighted by Crippen LogP contribution is -2.36. The first-order valence-corrected chi connectivity index (χ1v) is 14.7. The summed E-state index contributed by atoms with van der Waals surface area (Å²) in [4.78, 5) is 21.0. The Morgan fingerprint density at radius 3 is 2.73 bits per heavy atom. The summed E-state index contributed by atoms with van der Waals surface area (Å²) in [7, 11) is -3.43. The van der Waals surface area contributed by atoms with Gasteiger partial charge in [-0.05, 0) is 41.8 Å². The van der Waals surface area contributed by atoms with Crippen molar-refractivity contribution >= 4 is 48.2 Å². The third-order valence-corrected chi connectivity index (χ3v) is 9.18. The fourth-order valence-corrected chi connectivity index (χ4v) is 6.53. The molecule has 5 heterocycles. The minimum Gasteiger partial charge on any atom is -0.378 e. The summed E-state index contributed by atoms with van der Waals surface area (Å²) in [5.41, 5.74) is 11.0. The Morgan fingerprint density at radius 2 is 1.95 bits per heavy atom. The summed E-state index contributed by atoms with van der Waals surface area (Å²) in [6.45, 7) is 4.81. The molecule has 1 atom stereocenters. The van der Waals surface area contributed by atoms with Crippen molar-refractivity contribution in [2.45, 2.75) is 12.3 Å². The fourth-order valence-electron chi connectivity index (χ4n) is 4.63. The van der Waals surface area contributed by atoms with Crippen molar-refractivity contribution in [3.63, 3.8) is 0 Å². The van der Waals surface area contributed by atoms with E-state index in [0.29, 0.717) is 24.6 Å². The molecule has 0 radical (unpaired) electrons. The van der Waals surface area contributed by atoms with E-state index in [-0.39, 0.29) is 0 Å². The number of hydrogen-bond acceptors (Lipinski definition) is 9. The highest BCUT2D eigenvalue weighted by Crippen LogP contribution is 2.42. The molecule has 37 heavy (non-hydrogen) atoms. The number of aromatic amines is 1. The molecule has 3 N–H and O–H groups in total. The number of sulfone groups is 1. The van der Waals surface area contributed by atoms with Gasteiger partial charge in [-0.1, -0.05) is 18.2 Å². The van der Waals surface area contributed by atoms with Gasteiger partial charge in [0.2, 0.25) is 0 Å². The number of aromatic nitrogens is 4. The summed E-state index contributed by atoms with van der Waals surface area (Å²) in [6, 6.07) is 11.5. The maximum absolute atomic E-state index is 12.1. The van der Waals surface area contributed by atoms with Crippen molar-refractivity contribution in [1.82, 2.24) is 19.9 Å². The number of pyridine rings is 1. The van der Waals surface area contributed by atoms with Crippen molar-refractivity contribution in [3.8, 4) is 21.8 Å². The van der Waals surface area contributed by atoms with Crippen LogP contribution < -0.4 is 10.6 Å². The van der Waals surface area contributed by atoms with E-state index in [0.717, 1.165) is 68.0 Å². The highest BCUT2D eigenvalue weighted by atomic mass is 32.2. The summed E-state index contributed by atoms with van der Waals surface area (Å²) in [6.07, 6.45) is 4.81. The van der Waals surface area contributed by atoms with Crippen LogP contribution in [0.4, 0.5) is 5.82 Å². The van der Waals surface area contributed by atoms with Crippen LogP contribution in [0.2, 0.25) is 0 Å². The number of morpholine rings is 1. The fraction of sp³-hybridized carbons (Fsp3) is 0.269. The number of nitrogens with one attached hydrogen (secondary N) is 1. The Kier molecular flexibility index (Phi) is 5.95. The monoisotopic (exact) mass is 534 g/mol. The van der Waals surface area contributed by atoms with Gasteiger partial charge in [0.05, 0.1) is 23.4 Å². The van der Waals surface area contributed by atoms with Gasteiger partial charge < -0.3 is 20.4 Å². The highest BCUT2D eigenvalue weighted by Gasteiger charge is 2.24. The summed E-state index contributed by atoms with van der Waals surface area (Å²) >= 11 is 1.61. The van der Waals surface area contributed by atoms with Crippen LogP contribution in [0.25, 0.3) is 43.1 Å². The lowest BCUT2D eigenvalue weighted by atomic mass is 10.1. The molecule has 1 unspecified atom stereocenters. The van der Waals surface area contributed by atoms with Gasteiger partial charge in [0.1, 0.15) is 11.0 Å². The standard InChI is InChI=1S/C26H26N6O3S2/c1-15-20-22(36-21(15)16-4-3-5-17(12-16)23(27)37(2,33)34)26(32-8-10-35-11-9-32)31-25(30-20)19-13-18-6-7-28-24(18)29-14-19/h3-7,12-14,23H,8-11,27H2,1-2H3,(H,28,29). The van der Waals surface area contributed by atoms with Gasteiger partial charge in [0.15, 0.2) is 21.5 Å². The van der Waals surface area contributed by atoms with Crippen LogP contribution in [0, 0.1) is 6.92 Å². The maximum Gasteiger partial charge on any atom is 0.167 e. The minimum atomic E-state index is -3.43. The topological polar surface area (TPSA) is 127 Å². The molecule has 5 aromatic rings. The number of nitrogens with two attached hydrogens (primary N) is 1. The molecule has 0 amide bonds. The van der Waals surface area contributed by atoms with Crippen LogP contribution in [0.5, 0.6) is 0 Å². The van der Waals surface area contributed by atoms with Gasteiger partial charge in [0.25, 0.3) is 0 Å². The van der Waals surface area contributed by atoms with Crippen molar-refractivity contribution in [1.29, 1.82) is 0 Å². The van der Waals surface area contributed by atoms with Crippen LogP contribution in [0.15, 0.2) is 48.8 Å². The molecule has 6 rings (SSSR count). The Balaban J connectivity index is 1.53. The molecule has 1 saturated heterocycles. The number of aryl methyl sites for hydroxylation is 1. The molecule has 0 aliphatic carbocycles. The first-order chi connectivity index (χ1) is 17.8. The van der Waals surface area contributed by atoms with Gasteiger partial charge >= 0.3 is 0 Å². The highest BCUT2D eigenvalue weighted by molar-refractivity contribution is 7.90. The Labute approximate surface area is 218 Å². The van der Waals surface area contributed by atoms with E-state index in [1.54, 1.807) is 23.6 Å². The minimum absolute atomic E-state index is 0.558. The molecule has 1 aliphatic heterocycles. The third kappa shape index (κ3) is 4.37. The van der Waals surface area contributed by atoms with Crippen LogP contribution in [-0.2, 0) is 14.6 Å². The second-order valence-electron chi connectivity index (χ2n) is 9.22. The summed E-state index contributed by atoms with van der Waals surface area (Å²) < 4.78 is 30.7. The first kappa shape index (κ1) is 24.0. The second kappa shape index (κ2) is 9.18. The van der Waals surface area contributed by atoms with Gasteiger partial charge in [-0.25, -0.2) is 23.4 Å². The van der Waals surface area contributed by atoms with Gasteiger partial charge in [-0.3, -0.25) is 0 Å². The molecular formula is C26H26N6O3S2. The van der Waals surface area contributed by atoms with Crippen LogP contribution in [0.1, 0.15) is 16.5 Å². The molecule has 0 bridgehead atoms. The average Bonchev–Trinajstić information content (AvgIpc) is 3.51. The molecule has 0 spiro atoms. The van der Waals surface area contributed by atoms with E-state index >= 15 is 0 Å². The Hall–Kier alpha value is -3.38. The lowest BCUT2D eigenvalue weighted by molar-refractivity contribution is 0.122. The normalized spacial score (nSPS) is 15.5. The predicted octanol–water partition coefficient (Wildman–Crippen LogP) is 4.05. The van der Waals surface area contributed by atoms with Crippen molar-refractivity contribution < 1.29 is 13.2 Å². The smallest absolute Gasteiger partial charge is 0.167 e. The number of benzene rings is 1. The van der Waals surface area contributed by atoms with E-state index in [1.807, 2.05) is 43.5 Å². The number of rotatable bonds is 5. The number of nitrogens with zero attached hydrogens (tertiary/aromatic N) is 4. The number of H-pyrrole nitrogens is 1. The first-order valence-electron chi connectivity index (χ1n) is 11.9. The quantitative estimate of drug-likeness (QED) is 0.346. The van der Waals surface area contributed by atoms with E-state index in [1.165, 1.54) is 0 Å². The Morgan fingerprint density at radius 1 is 1.14 bits per heavy atom. The largest absolute Gasteiger partial charge is 0.378 e. The molecule has 11 heteroatoms. The molecule has 1 aliphatic rings. The zero-order valence-electron chi connectivity index (χ0n) is 20.4. The van der Waals surface area contributed by atoms with Crippen LogP contribution >= 0.6 is 11.3 Å². The molecule has 1 aromatic carbocycles. The van der Waals surface area contributed by atoms with E-state index < -0.39 is 15.2 Å². The zero-order chi connectivity index (χ0) is 25.7. The second-order valence-corrected chi connectivity index (χ2v) is 12.4. The lowest BCUT2D eigenvalue weighted by Gasteiger charge is -2.28. The van der Waals surface area contributed by atoms with Crippen molar-refractivity contribution in [3.05, 3.63) is 59.9 Å². The average molecular weight is 535 g/mol. The number of hydrogen-bond donors (Lipinski definition) is 2. The molecule has 9 nitrogen and oxygen atoms in total. The Bertz CT molecular complexity index is 1740. The van der Waals surface area contributed by atoms with Gasteiger partial charge in [-0.2, -0.15) is 0 Å². The van der Waals surface area contributed by atoms with E-state index in [4.69, 9.17) is 20.4 Å². The maximum atomic E-state index is 12.1. The van der Waals surface area contributed by atoms with Crippen molar-refractivity contribution in [2.75, 3.05) is 37.5 Å². The number of thiophene rings is 1. The summed E-state index contributed by atoms with van der Waals surface area (Å²) in [5, 5.41) is -0.0795. The summed E-state index contributed by atoms with van der Waals surface area (Å²) in [5.74, 6) is 1.49. The van der Waals surface area contributed by atoms with Crippen LogP contribution in [0.3, 0.4) is 0 Å². The van der Waals surface area contributed by atoms with Gasteiger partial charge in [-0.15, -0.1) is 11.3 Å². The van der Waals surface area contributed by atoms with E-state index in [9.17, 15) is 8.42 Å².